The monoisotopic (exact) mass is 277 g/mol. The van der Waals surface area contributed by atoms with Crippen molar-refractivity contribution in [3.63, 3.8) is 0 Å². The van der Waals surface area contributed by atoms with Crippen LogP contribution in [0.1, 0.15) is 64.1 Å². The van der Waals surface area contributed by atoms with E-state index < -0.39 is 0 Å². The Labute approximate surface area is 122 Å². The molecule has 1 aliphatic carbocycles. The quantitative estimate of drug-likeness (QED) is 0.907. The second-order valence-electron chi connectivity index (χ2n) is 6.71. The number of aliphatic hydroxyl groups excluding tert-OH is 1. The topological polar surface area (TPSA) is 42.4 Å². The lowest BCUT2D eigenvalue weighted by atomic mass is 9.82. The van der Waals surface area contributed by atoms with Gasteiger partial charge in [0.15, 0.2) is 0 Å². The fourth-order valence-electron chi connectivity index (χ4n) is 3.17. The maximum Gasteiger partial charge on any atom is 0.214 e. The highest BCUT2D eigenvalue weighted by atomic mass is 16.5. The molecule has 112 valence electrons. The van der Waals surface area contributed by atoms with E-state index in [1.807, 2.05) is 12.1 Å². The van der Waals surface area contributed by atoms with E-state index in [0.717, 1.165) is 24.1 Å². The van der Waals surface area contributed by atoms with Crippen LogP contribution in [-0.4, -0.2) is 16.2 Å². The third kappa shape index (κ3) is 3.95. The van der Waals surface area contributed by atoms with E-state index in [-0.39, 0.29) is 12.7 Å². The van der Waals surface area contributed by atoms with E-state index in [2.05, 4.69) is 32.7 Å². The van der Waals surface area contributed by atoms with Crippen molar-refractivity contribution < 1.29 is 9.84 Å². The van der Waals surface area contributed by atoms with Gasteiger partial charge in [0.2, 0.25) is 5.88 Å². The van der Waals surface area contributed by atoms with Crippen molar-refractivity contribution in [1.82, 2.24) is 4.98 Å². The highest BCUT2D eigenvalue weighted by molar-refractivity contribution is 5.26. The van der Waals surface area contributed by atoms with E-state index in [4.69, 9.17) is 4.74 Å². The summed E-state index contributed by atoms with van der Waals surface area (Å²) in [5.41, 5.74) is 1.87. The van der Waals surface area contributed by atoms with Crippen molar-refractivity contribution in [2.24, 2.45) is 11.8 Å². The lowest BCUT2D eigenvalue weighted by Crippen LogP contribution is -2.28. The summed E-state index contributed by atoms with van der Waals surface area (Å²) in [7, 11) is 0. The Morgan fingerprint density at radius 3 is 2.40 bits per heavy atom. The predicted molar refractivity (Wildman–Crippen MR) is 80.8 cm³/mol. The maximum absolute atomic E-state index is 9.37. The van der Waals surface area contributed by atoms with E-state index in [9.17, 15) is 5.11 Å². The molecular weight excluding hydrogens is 250 g/mol. The van der Waals surface area contributed by atoms with Crippen molar-refractivity contribution in [2.45, 2.75) is 65.6 Å². The molecule has 0 bridgehead atoms. The first-order chi connectivity index (χ1) is 9.47. The number of rotatable bonds is 4. The smallest absolute Gasteiger partial charge is 0.214 e. The zero-order valence-corrected chi connectivity index (χ0v) is 13.1. The summed E-state index contributed by atoms with van der Waals surface area (Å²) >= 11 is 0. The lowest BCUT2D eigenvalue weighted by Gasteiger charge is -2.31. The molecule has 1 aliphatic rings. The van der Waals surface area contributed by atoms with Crippen molar-refractivity contribution in [3.05, 3.63) is 23.4 Å². The first kappa shape index (κ1) is 15.3. The number of nitrogens with zero attached hydrogens (tertiary/aromatic N) is 1. The Balaban J connectivity index is 2.13. The summed E-state index contributed by atoms with van der Waals surface area (Å²) in [4.78, 5) is 4.59. The first-order valence-electron chi connectivity index (χ1n) is 7.76. The van der Waals surface area contributed by atoms with Crippen molar-refractivity contribution >= 4 is 0 Å². The van der Waals surface area contributed by atoms with E-state index in [1.54, 1.807) is 0 Å². The molecule has 20 heavy (non-hydrogen) atoms. The number of aliphatic hydroxyl groups is 1. The van der Waals surface area contributed by atoms with Gasteiger partial charge in [-0.05, 0) is 48.6 Å². The molecule has 1 aromatic rings. The summed E-state index contributed by atoms with van der Waals surface area (Å²) in [5.74, 6) is 2.45. The molecule has 2 unspecified atom stereocenters. The third-order valence-electron chi connectivity index (χ3n) is 4.08. The molecule has 1 N–H and O–H groups in total. The van der Waals surface area contributed by atoms with Gasteiger partial charge < -0.3 is 9.84 Å². The van der Waals surface area contributed by atoms with Crippen LogP contribution >= 0.6 is 0 Å². The molecule has 0 aliphatic heterocycles. The molecule has 0 radical (unpaired) electrons. The second kappa shape index (κ2) is 6.57. The zero-order valence-electron chi connectivity index (χ0n) is 13.1. The molecule has 3 heteroatoms. The number of hydrogen-bond acceptors (Lipinski definition) is 3. The van der Waals surface area contributed by atoms with Crippen LogP contribution < -0.4 is 4.74 Å². The Bertz CT molecular complexity index is 435. The van der Waals surface area contributed by atoms with Crippen LogP contribution in [0.5, 0.6) is 5.88 Å². The average molecular weight is 277 g/mol. The normalized spacial score (nSPS) is 26.8. The minimum Gasteiger partial charge on any atom is -0.474 e. The average Bonchev–Trinajstić information content (AvgIpc) is 2.36. The summed E-state index contributed by atoms with van der Waals surface area (Å²) in [5, 5.41) is 9.37. The number of hydrogen-bond donors (Lipinski definition) is 1. The highest BCUT2D eigenvalue weighted by Crippen LogP contribution is 2.31. The Hall–Kier alpha value is -1.09. The maximum atomic E-state index is 9.37. The van der Waals surface area contributed by atoms with Crippen LogP contribution in [0.2, 0.25) is 0 Å². The molecule has 2 atom stereocenters. The van der Waals surface area contributed by atoms with Gasteiger partial charge in [-0.3, -0.25) is 0 Å². The van der Waals surface area contributed by atoms with Gasteiger partial charge in [0.1, 0.15) is 6.10 Å². The van der Waals surface area contributed by atoms with Gasteiger partial charge >= 0.3 is 0 Å². The molecule has 3 nitrogen and oxygen atoms in total. The molecule has 2 rings (SSSR count). The summed E-state index contributed by atoms with van der Waals surface area (Å²) in [6.45, 7) is 8.85. The molecule has 1 fully saturated rings. The van der Waals surface area contributed by atoms with Crippen LogP contribution in [0.4, 0.5) is 0 Å². The summed E-state index contributed by atoms with van der Waals surface area (Å²) in [6, 6.07) is 3.83. The molecule has 1 aromatic heterocycles. The molecule has 0 spiro atoms. The van der Waals surface area contributed by atoms with Crippen LogP contribution in [0.15, 0.2) is 12.1 Å². The minimum atomic E-state index is 0.0378. The molecule has 0 saturated heterocycles. The van der Waals surface area contributed by atoms with Crippen molar-refractivity contribution in [2.75, 3.05) is 0 Å². The van der Waals surface area contributed by atoms with Gasteiger partial charge in [-0.15, -0.1) is 0 Å². The van der Waals surface area contributed by atoms with Crippen LogP contribution in [0.25, 0.3) is 0 Å². The standard InChI is InChI=1S/C17H27NO2/c1-11(2)16-8-14(10-19)9-17(18-16)20-15-6-12(3)5-13(4)7-15/h8-9,11-13,15,19H,5-7,10H2,1-4H3. The Morgan fingerprint density at radius 1 is 1.20 bits per heavy atom. The van der Waals surface area contributed by atoms with Gasteiger partial charge in [-0.25, -0.2) is 4.98 Å². The molecule has 0 aromatic carbocycles. The van der Waals surface area contributed by atoms with Crippen LogP contribution in [0.3, 0.4) is 0 Å². The SMILES string of the molecule is CC1CC(C)CC(Oc2cc(CO)cc(C(C)C)n2)C1. The van der Waals surface area contributed by atoms with E-state index in [1.165, 1.54) is 6.42 Å². The first-order valence-corrected chi connectivity index (χ1v) is 7.76. The number of pyridine rings is 1. The summed E-state index contributed by atoms with van der Waals surface area (Å²) < 4.78 is 6.11. The van der Waals surface area contributed by atoms with E-state index >= 15 is 0 Å². The minimum absolute atomic E-state index is 0.0378. The van der Waals surface area contributed by atoms with Gasteiger partial charge in [-0.2, -0.15) is 0 Å². The van der Waals surface area contributed by atoms with Crippen LogP contribution in [-0.2, 0) is 6.61 Å². The van der Waals surface area contributed by atoms with Gasteiger partial charge in [-0.1, -0.05) is 27.7 Å². The summed E-state index contributed by atoms with van der Waals surface area (Å²) in [6.07, 6.45) is 3.76. The largest absolute Gasteiger partial charge is 0.474 e. The fourth-order valence-corrected chi connectivity index (χ4v) is 3.17. The van der Waals surface area contributed by atoms with Crippen LogP contribution in [0, 0.1) is 11.8 Å². The fraction of sp³-hybridized carbons (Fsp3) is 0.706. The van der Waals surface area contributed by atoms with Gasteiger partial charge in [0.05, 0.1) is 6.61 Å². The molecule has 0 amide bonds. The van der Waals surface area contributed by atoms with Crippen molar-refractivity contribution in [1.29, 1.82) is 0 Å². The zero-order chi connectivity index (χ0) is 14.7. The lowest BCUT2D eigenvalue weighted by molar-refractivity contribution is 0.0962. The number of aromatic nitrogens is 1. The molecular formula is C17H27NO2. The highest BCUT2D eigenvalue weighted by Gasteiger charge is 2.25. The predicted octanol–water partition coefficient (Wildman–Crippen LogP) is 3.90. The third-order valence-corrected chi connectivity index (χ3v) is 4.08. The van der Waals surface area contributed by atoms with Gasteiger partial charge in [0, 0.05) is 11.8 Å². The van der Waals surface area contributed by atoms with Gasteiger partial charge in [0.25, 0.3) is 0 Å². The molecule has 1 saturated carbocycles. The van der Waals surface area contributed by atoms with E-state index in [0.29, 0.717) is 23.6 Å². The second-order valence-corrected chi connectivity index (χ2v) is 6.71. The Morgan fingerprint density at radius 2 is 1.85 bits per heavy atom. The molecule has 1 heterocycles. The van der Waals surface area contributed by atoms with Crippen molar-refractivity contribution in [3.8, 4) is 5.88 Å². The Kier molecular flexibility index (Phi) is 5.03. The number of ether oxygens (including phenoxy) is 1.